The SMILES string of the molecule is O=C(CCCON(O)O)N1CCN=C1Nc1ccc2nccnc2c1Br. The number of aromatic nitrogens is 2. The van der Waals surface area contributed by atoms with Crippen LogP contribution < -0.4 is 5.32 Å². The third kappa shape index (κ3) is 4.31. The van der Waals surface area contributed by atoms with E-state index < -0.39 is 0 Å². The minimum atomic E-state index is -0.366. The number of guanidine groups is 1. The molecule has 1 aliphatic heterocycles. The fraction of sp³-hybridized carbons (Fsp3) is 0.333. The Morgan fingerprint density at radius 2 is 2.15 bits per heavy atom. The van der Waals surface area contributed by atoms with E-state index in [9.17, 15) is 4.79 Å². The minimum Gasteiger partial charge on any atom is -0.325 e. The second-order valence-electron chi connectivity index (χ2n) is 5.42. The van der Waals surface area contributed by atoms with Gasteiger partial charge in [-0.05, 0) is 34.5 Å². The van der Waals surface area contributed by atoms with Crippen molar-refractivity contribution in [1.82, 2.24) is 20.3 Å². The van der Waals surface area contributed by atoms with Crippen LogP contribution in [0.3, 0.4) is 0 Å². The van der Waals surface area contributed by atoms with Gasteiger partial charge in [0.25, 0.3) is 0 Å². The predicted molar refractivity (Wildman–Crippen MR) is 95.5 cm³/mol. The summed E-state index contributed by atoms with van der Waals surface area (Å²) in [5.41, 5.74) is 2.20. The summed E-state index contributed by atoms with van der Waals surface area (Å²) in [6.07, 6.45) is 3.77. The molecule has 0 bridgehead atoms. The molecule has 1 aromatic heterocycles. The normalized spacial score (nSPS) is 14.2. The molecule has 0 unspecified atom stereocenters. The van der Waals surface area contributed by atoms with Crippen molar-refractivity contribution in [2.75, 3.05) is 25.0 Å². The van der Waals surface area contributed by atoms with Crippen LogP contribution in [0.4, 0.5) is 5.69 Å². The van der Waals surface area contributed by atoms with E-state index in [1.54, 1.807) is 17.3 Å². The summed E-state index contributed by atoms with van der Waals surface area (Å²) < 4.78 is 0.740. The molecular weight excluding hydrogens is 408 g/mol. The Labute approximate surface area is 157 Å². The molecule has 0 saturated heterocycles. The van der Waals surface area contributed by atoms with Crippen LogP contribution in [0, 0.1) is 0 Å². The number of rotatable bonds is 6. The zero-order valence-electron chi connectivity index (χ0n) is 13.7. The van der Waals surface area contributed by atoms with Crippen molar-refractivity contribution >= 4 is 44.5 Å². The van der Waals surface area contributed by atoms with Crippen LogP contribution in [0.1, 0.15) is 12.8 Å². The van der Waals surface area contributed by atoms with E-state index in [1.165, 1.54) is 0 Å². The predicted octanol–water partition coefficient (Wildman–Crippen LogP) is 1.79. The lowest BCUT2D eigenvalue weighted by atomic mass is 10.2. The molecule has 138 valence electrons. The van der Waals surface area contributed by atoms with Crippen molar-refractivity contribution in [3.63, 3.8) is 0 Å². The molecule has 10 nitrogen and oxygen atoms in total. The summed E-state index contributed by atoms with van der Waals surface area (Å²) in [4.78, 5) is 31.3. The maximum Gasteiger partial charge on any atom is 0.229 e. The molecule has 1 amide bonds. The molecule has 2 heterocycles. The number of amides is 1. The van der Waals surface area contributed by atoms with Crippen molar-refractivity contribution < 1.29 is 20.0 Å². The van der Waals surface area contributed by atoms with Gasteiger partial charge in [0.1, 0.15) is 5.52 Å². The lowest BCUT2D eigenvalue weighted by molar-refractivity contribution is -0.492. The Balaban J connectivity index is 1.65. The van der Waals surface area contributed by atoms with Crippen LogP contribution in [-0.4, -0.2) is 62.2 Å². The van der Waals surface area contributed by atoms with Gasteiger partial charge in [-0.15, -0.1) is 0 Å². The maximum atomic E-state index is 12.4. The third-order valence-electron chi connectivity index (χ3n) is 3.71. The smallest absolute Gasteiger partial charge is 0.229 e. The summed E-state index contributed by atoms with van der Waals surface area (Å²) in [6, 6.07) is 3.68. The van der Waals surface area contributed by atoms with Crippen LogP contribution in [0.25, 0.3) is 11.0 Å². The van der Waals surface area contributed by atoms with E-state index in [-0.39, 0.29) is 24.3 Å². The van der Waals surface area contributed by atoms with E-state index in [1.807, 2.05) is 12.1 Å². The molecule has 0 spiro atoms. The molecule has 0 saturated carbocycles. The second-order valence-corrected chi connectivity index (χ2v) is 6.21. The lowest BCUT2D eigenvalue weighted by Gasteiger charge is -2.20. The molecule has 1 aromatic carbocycles. The monoisotopic (exact) mass is 424 g/mol. The van der Waals surface area contributed by atoms with Crippen LogP contribution in [0.2, 0.25) is 0 Å². The number of anilines is 1. The van der Waals surface area contributed by atoms with Crippen LogP contribution >= 0.6 is 15.9 Å². The number of carbonyl (C=O) groups is 1. The highest BCUT2D eigenvalue weighted by Gasteiger charge is 2.24. The van der Waals surface area contributed by atoms with E-state index in [4.69, 9.17) is 10.4 Å². The highest BCUT2D eigenvalue weighted by molar-refractivity contribution is 9.10. The Morgan fingerprint density at radius 1 is 1.35 bits per heavy atom. The van der Waals surface area contributed by atoms with Gasteiger partial charge < -0.3 is 5.32 Å². The largest absolute Gasteiger partial charge is 0.325 e. The molecule has 0 atom stereocenters. The first-order chi connectivity index (χ1) is 12.6. The average molecular weight is 425 g/mol. The number of halogens is 1. The number of aliphatic imine (C=N–C) groups is 1. The number of nitrogens with one attached hydrogen (secondary N) is 1. The summed E-state index contributed by atoms with van der Waals surface area (Å²) >= 11 is 3.52. The highest BCUT2D eigenvalue weighted by atomic mass is 79.9. The molecule has 0 aliphatic carbocycles. The van der Waals surface area contributed by atoms with Gasteiger partial charge in [-0.25, -0.2) is 0 Å². The van der Waals surface area contributed by atoms with Crippen molar-refractivity contribution in [2.45, 2.75) is 12.8 Å². The van der Waals surface area contributed by atoms with Crippen molar-refractivity contribution in [2.24, 2.45) is 4.99 Å². The fourth-order valence-electron chi connectivity index (χ4n) is 2.52. The average Bonchev–Trinajstić information content (AvgIpc) is 3.09. The van der Waals surface area contributed by atoms with Crippen molar-refractivity contribution in [3.05, 3.63) is 29.0 Å². The molecule has 26 heavy (non-hydrogen) atoms. The first kappa shape index (κ1) is 18.6. The molecule has 11 heteroatoms. The molecule has 1 aliphatic rings. The third-order valence-corrected chi connectivity index (χ3v) is 4.51. The van der Waals surface area contributed by atoms with Crippen molar-refractivity contribution in [3.8, 4) is 0 Å². The van der Waals surface area contributed by atoms with Crippen LogP contribution in [-0.2, 0) is 9.63 Å². The molecule has 0 radical (unpaired) electrons. The van der Waals surface area contributed by atoms with Crippen LogP contribution in [0.5, 0.6) is 0 Å². The lowest BCUT2D eigenvalue weighted by Crippen LogP contribution is -2.38. The Morgan fingerprint density at radius 3 is 2.96 bits per heavy atom. The number of nitrogens with zero attached hydrogens (tertiary/aromatic N) is 5. The number of benzene rings is 1. The van der Waals surface area contributed by atoms with Gasteiger partial charge in [0.05, 0.1) is 34.2 Å². The fourth-order valence-corrected chi connectivity index (χ4v) is 3.06. The number of carbonyl (C=O) groups excluding carboxylic acids is 1. The van der Waals surface area contributed by atoms with Gasteiger partial charge in [-0.2, -0.15) is 0 Å². The summed E-state index contributed by atoms with van der Waals surface area (Å²) in [6.45, 7) is 1.01. The Bertz CT molecular complexity index is 831. The highest BCUT2D eigenvalue weighted by Crippen LogP contribution is 2.29. The topological polar surface area (TPSA) is 123 Å². The molecule has 2 aromatic rings. The molecule has 0 fully saturated rings. The zero-order valence-corrected chi connectivity index (χ0v) is 15.3. The Hall–Kier alpha value is -2.18. The van der Waals surface area contributed by atoms with E-state index >= 15 is 0 Å². The Kier molecular flexibility index (Phi) is 6.06. The molecule has 3 rings (SSSR count). The van der Waals surface area contributed by atoms with Gasteiger partial charge in [-0.3, -0.25) is 39.9 Å². The molecular formula is C15H17BrN6O4. The second kappa shape index (κ2) is 8.47. The summed E-state index contributed by atoms with van der Waals surface area (Å²) in [5, 5.41) is 19.7. The van der Waals surface area contributed by atoms with Crippen molar-refractivity contribution in [1.29, 1.82) is 0 Å². The van der Waals surface area contributed by atoms with E-state index in [2.05, 4.69) is 41.0 Å². The summed E-state index contributed by atoms with van der Waals surface area (Å²) in [5.74, 6) is 0.335. The minimum absolute atomic E-state index is 0.0153. The van der Waals surface area contributed by atoms with Gasteiger partial charge in [0, 0.05) is 25.4 Å². The maximum absolute atomic E-state index is 12.4. The first-order valence-electron chi connectivity index (χ1n) is 7.88. The number of hydrogen-bond acceptors (Lipinski definition) is 9. The van der Waals surface area contributed by atoms with E-state index in [0.717, 1.165) is 15.7 Å². The van der Waals surface area contributed by atoms with Gasteiger partial charge in [0.2, 0.25) is 11.9 Å². The van der Waals surface area contributed by atoms with Crippen LogP contribution in [0.15, 0.2) is 34.0 Å². The zero-order chi connectivity index (χ0) is 18.5. The molecule has 3 N–H and O–H groups in total. The standard InChI is InChI=1S/C15H17BrN6O4/c16-13-10(3-4-11-14(13)18-6-5-17-11)20-15-19-7-8-21(15)12(23)2-1-9-26-22(24)25/h3-6,24-25H,1-2,7-9H2,(H,19,20). The van der Waals surface area contributed by atoms with Gasteiger partial charge in [0.15, 0.2) is 0 Å². The number of hydrogen-bond donors (Lipinski definition) is 3. The van der Waals surface area contributed by atoms with Gasteiger partial charge in [-0.1, -0.05) is 0 Å². The quantitative estimate of drug-likeness (QED) is 0.473. The number of fused-ring (bicyclic) bond motifs is 1. The summed E-state index contributed by atoms with van der Waals surface area (Å²) in [7, 11) is 0. The first-order valence-corrected chi connectivity index (χ1v) is 8.67. The van der Waals surface area contributed by atoms with E-state index in [0.29, 0.717) is 31.0 Å². The van der Waals surface area contributed by atoms with Gasteiger partial charge >= 0.3 is 0 Å².